The van der Waals surface area contributed by atoms with E-state index in [9.17, 15) is 9.59 Å². The first kappa shape index (κ1) is 22.1. The Morgan fingerprint density at radius 3 is 2.65 bits per heavy atom. The Morgan fingerprint density at radius 1 is 1.00 bits per heavy atom. The van der Waals surface area contributed by atoms with Crippen LogP contribution in [0, 0.1) is 0 Å². The van der Waals surface area contributed by atoms with Gasteiger partial charge in [-0.1, -0.05) is 30.6 Å². The van der Waals surface area contributed by atoms with Gasteiger partial charge in [0.25, 0.3) is 11.4 Å². The van der Waals surface area contributed by atoms with Gasteiger partial charge in [0, 0.05) is 19.5 Å². The summed E-state index contributed by atoms with van der Waals surface area (Å²) >= 11 is 5.97. The predicted molar refractivity (Wildman–Crippen MR) is 127 cm³/mol. The molecule has 0 bridgehead atoms. The summed E-state index contributed by atoms with van der Waals surface area (Å²) in [6, 6.07) is 7.66. The lowest BCUT2D eigenvalue weighted by Crippen LogP contribution is -2.40. The molecular formula is C22H23ClN8O3. The largest absolute Gasteiger partial charge is 0.334 e. The number of rotatable bonds is 9. The van der Waals surface area contributed by atoms with E-state index >= 15 is 0 Å². The van der Waals surface area contributed by atoms with Crippen molar-refractivity contribution in [1.29, 1.82) is 0 Å². The third kappa shape index (κ3) is 4.14. The SMILES string of the molecule is CCCCn1c(=O)n(CCCCc2noc(-c3nc4ccccc4[nH]3)n2)c(=O)c2[nH]c(Cl)nc21. The molecule has 0 spiro atoms. The van der Waals surface area contributed by atoms with Crippen LogP contribution in [0.5, 0.6) is 0 Å². The Kier molecular flexibility index (Phi) is 6.01. The van der Waals surface area contributed by atoms with Crippen LogP contribution in [0.3, 0.4) is 0 Å². The summed E-state index contributed by atoms with van der Waals surface area (Å²) in [5, 5.41) is 4.12. The number of aromatic amines is 2. The molecule has 0 unspecified atom stereocenters. The van der Waals surface area contributed by atoms with Crippen molar-refractivity contribution < 1.29 is 4.52 Å². The van der Waals surface area contributed by atoms with Crippen molar-refractivity contribution in [3.63, 3.8) is 0 Å². The first-order chi connectivity index (χ1) is 16.5. The molecule has 0 saturated heterocycles. The third-order valence-electron chi connectivity index (χ3n) is 5.66. The number of unbranched alkanes of at least 4 members (excludes halogenated alkanes) is 2. The first-order valence-electron chi connectivity index (χ1n) is 11.2. The molecule has 0 fully saturated rings. The average molecular weight is 483 g/mol. The van der Waals surface area contributed by atoms with E-state index in [1.54, 1.807) is 0 Å². The lowest BCUT2D eigenvalue weighted by Gasteiger charge is -2.10. The van der Waals surface area contributed by atoms with Crippen LogP contribution in [0.4, 0.5) is 0 Å². The predicted octanol–water partition coefficient (Wildman–Crippen LogP) is 3.29. The summed E-state index contributed by atoms with van der Waals surface area (Å²) in [4.78, 5) is 44.8. The van der Waals surface area contributed by atoms with Crippen molar-refractivity contribution in [2.45, 2.75) is 52.1 Å². The number of fused-ring (bicyclic) bond motifs is 2. The molecular weight excluding hydrogens is 460 g/mol. The second-order valence-corrected chi connectivity index (χ2v) is 8.40. The summed E-state index contributed by atoms with van der Waals surface area (Å²) in [5.74, 6) is 1.38. The highest BCUT2D eigenvalue weighted by atomic mass is 35.5. The summed E-state index contributed by atoms with van der Waals surface area (Å²) in [6.07, 6.45) is 3.50. The fourth-order valence-electron chi connectivity index (χ4n) is 3.91. The molecule has 0 saturated carbocycles. The van der Waals surface area contributed by atoms with Crippen molar-refractivity contribution in [3.05, 3.63) is 56.2 Å². The maximum Gasteiger partial charge on any atom is 0.332 e. The lowest BCUT2D eigenvalue weighted by atomic mass is 10.2. The van der Waals surface area contributed by atoms with Crippen LogP contribution >= 0.6 is 11.6 Å². The van der Waals surface area contributed by atoms with Crippen molar-refractivity contribution in [2.24, 2.45) is 0 Å². The van der Waals surface area contributed by atoms with Gasteiger partial charge in [0.2, 0.25) is 5.28 Å². The second-order valence-electron chi connectivity index (χ2n) is 8.05. The first-order valence-corrected chi connectivity index (χ1v) is 11.6. The van der Waals surface area contributed by atoms with Gasteiger partial charge in [-0.25, -0.2) is 9.78 Å². The molecule has 5 aromatic rings. The molecule has 34 heavy (non-hydrogen) atoms. The monoisotopic (exact) mass is 482 g/mol. The van der Waals surface area contributed by atoms with E-state index in [0.29, 0.717) is 49.0 Å². The van der Waals surface area contributed by atoms with Crippen molar-refractivity contribution in [1.82, 2.24) is 39.2 Å². The molecule has 0 atom stereocenters. The molecule has 4 heterocycles. The maximum atomic E-state index is 13.0. The fourth-order valence-corrected chi connectivity index (χ4v) is 4.09. The summed E-state index contributed by atoms with van der Waals surface area (Å²) < 4.78 is 8.10. The van der Waals surface area contributed by atoms with Crippen molar-refractivity contribution in [3.8, 4) is 11.7 Å². The number of nitrogens with zero attached hydrogens (tertiary/aromatic N) is 6. The Hall–Kier alpha value is -3.73. The quantitative estimate of drug-likeness (QED) is 0.242. The molecule has 176 valence electrons. The van der Waals surface area contributed by atoms with Crippen molar-refractivity contribution in [2.75, 3.05) is 0 Å². The van der Waals surface area contributed by atoms with Crippen LogP contribution in [0.15, 0.2) is 38.4 Å². The van der Waals surface area contributed by atoms with Gasteiger partial charge < -0.3 is 14.5 Å². The minimum absolute atomic E-state index is 0.0897. The second kappa shape index (κ2) is 9.26. The van der Waals surface area contributed by atoms with E-state index in [4.69, 9.17) is 16.1 Å². The number of halogens is 1. The number of benzene rings is 1. The van der Waals surface area contributed by atoms with E-state index in [2.05, 4.69) is 30.1 Å². The summed E-state index contributed by atoms with van der Waals surface area (Å²) in [6.45, 7) is 2.78. The maximum absolute atomic E-state index is 13.0. The van der Waals surface area contributed by atoms with Crippen LogP contribution in [-0.2, 0) is 19.5 Å². The zero-order chi connectivity index (χ0) is 23.7. The number of nitrogens with one attached hydrogen (secondary N) is 2. The zero-order valence-corrected chi connectivity index (χ0v) is 19.3. The normalized spacial score (nSPS) is 11.7. The molecule has 2 N–H and O–H groups in total. The minimum Gasteiger partial charge on any atom is -0.334 e. The molecule has 0 aliphatic rings. The van der Waals surface area contributed by atoms with Crippen molar-refractivity contribution >= 4 is 33.8 Å². The molecule has 4 aromatic heterocycles. The number of aromatic nitrogens is 8. The lowest BCUT2D eigenvalue weighted by molar-refractivity contribution is 0.418. The minimum atomic E-state index is -0.418. The van der Waals surface area contributed by atoms with Gasteiger partial charge in [-0.2, -0.15) is 9.97 Å². The molecule has 0 radical (unpaired) electrons. The summed E-state index contributed by atoms with van der Waals surface area (Å²) in [7, 11) is 0. The number of imidazole rings is 2. The summed E-state index contributed by atoms with van der Waals surface area (Å²) in [5.41, 5.74) is 1.47. The highest BCUT2D eigenvalue weighted by Crippen LogP contribution is 2.19. The molecule has 0 aliphatic heterocycles. The molecule has 5 rings (SSSR count). The average Bonchev–Trinajstić information content (AvgIpc) is 3.56. The molecule has 11 nitrogen and oxygen atoms in total. The van der Waals surface area contributed by atoms with Gasteiger partial charge >= 0.3 is 5.69 Å². The van der Waals surface area contributed by atoms with E-state index < -0.39 is 5.56 Å². The van der Waals surface area contributed by atoms with Crippen LogP contribution in [0.1, 0.15) is 38.4 Å². The Morgan fingerprint density at radius 2 is 1.82 bits per heavy atom. The van der Waals surface area contributed by atoms with Gasteiger partial charge in [-0.15, -0.1) is 0 Å². The highest BCUT2D eigenvalue weighted by Gasteiger charge is 2.17. The number of aryl methyl sites for hydroxylation is 2. The van der Waals surface area contributed by atoms with Crippen LogP contribution in [0.25, 0.3) is 33.9 Å². The van der Waals surface area contributed by atoms with Gasteiger partial charge in [-0.05, 0) is 43.0 Å². The fraction of sp³-hybridized carbons (Fsp3) is 0.364. The molecule has 1 aromatic carbocycles. The zero-order valence-electron chi connectivity index (χ0n) is 18.5. The van der Waals surface area contributed by atoms with Gasteiger partial charge in [0.1, 0.15) is 0 Å². The van der Waals surface area contributed by atoms with Gasteiger partial charge in [0.05, 0.1) is 11.0 Å². The standard InChI is InChI=1S/C22H23ClN8O3/c1-2-3-11-30-18-16(27-21(23)28-18)20(32)31(22(30)33)12-7-6-10-15-26-19(34-29-15)17-24-13-8-4-5-9-14(13)25-17/h4-5,8-9H,2-3,6-7,10-12H2,1H3,(H,24,25)(H,27,28). The van der Waals surface area contributed by atoms with E-state index in [0.717, 1.165) is 23.9 Å². The van der Waals surface area contributed by atoms with Crippen LogP contribution < -0.4 is 11.2 Å². The Labute approximate surface area is 197 Å². The Bertz CT molecular complexity index is 1540. The Balaban J connectivity index is 1.28. The van der Waals surface area contributed by atoms with Gasteiger partial charge in [-0.3, -0.25) is 13.9 Å². The van der Waals surface area contributed by atoms with Gasteiger partial charge in [0.15, 0.2) is 22.8 Å². The topological polar surface area (TPSA) is 140 Å². The number of para-hydroxylation sites is 2. The van der Waals surface area contributed by atoms with Crippen LogP contribution in [-0.4, -0.2) is 39.2 Å². The van der Waals surface area contributed by atoms with E-state index in [-0.39, 0.29) is 23.0 Å². The van der Waals surface area contributed by atoms with E-state index in [1.165, 1.54) is 9.13 Å². The molecule has 12 heteroatoms. The molecule has 0 amide bonds. The highest BCUT2D eigenvalue weighted by molar-refractivity contribution is 6.28. The third-order valence-corrected chi connectivity index (χ3v) is 5.84. The number of hydrogen-bond donors (Lipinski definition) is 2. The molecule has 0 aliphatic carbocycles. The van der Waals surface area contributed by atoms with E-state index in [1.807, 2.05) is 31.2 Å². The van der Waals surface area contributed by atoms with Crippen LogP contribution in [0.2, 0.25) is 5.28 Å². The number of hydrogen-bond acceptors (Lipinski definition) is 7. The number of H-pyrrole nitrogens is 2. The smallest absolute Gasteiger partial charge is 0.332 e.